The predicted octanol–water partition coefficient (Wildman–Crippen LogP) is 3.64. The third-order valence-corrected chi connectivity index (χ3v) is 8.11. The molecule has 7 rings (SSSR count). The molecule has 3 N–H and O–H groups in total. The lowest BCUT2D eigenvalue weighted by atomic mass is 10.1. The van der Waals surface area contributed by atoms with E-state index in [2.05, 4.69) is 41.2 Å². The van der Waals surface area contributed by atoms with E-state index in [4.69, 9.17) is 4.74 Å². The smallest absolute Gasteiger partial charge is 0.273 e. The molecule has 2 amide bonds. The van der Waals surface area contributed by atoms with Crippen molar-refractivity contribution in [2.45, 2.75) is 25.4 Å². The van der Waals surface area contributed by atoms with Crippen molar-refractivity contribution in [1.82, 2.24) is 39.8 Å². The highest BCUT2D eigenvalue weighted by molar-refractivity contribution is 6.00. The van der Waals surface area contributed by atoms with Crippen LogP contribution >= 0.6 is 0 Å². The van der Waals surface area contributed by atoms with E-state index in [9.17, 15) is 14.0 Å². The van der Waals surface area contributed by atoms with Crippen LogP contribution in [0, 0.1) is 11.7 Å². The largest absolute Gasteiger partial charge is 0.494 e. The summed E-state index contributed by atoms with van der Waals surface area (Å²) >= 11 is 0. The summed E-state index contributed by atoms with van der Waals surface area (Å²) in [6.45, 7) is 2.23. The number of pyridine rings is 1. The minimum absolute atomic E-state index is 0.00883. The zero-order valence-electron chi connectivity index (χ0n) is 24.7. The van der Waals surface area contributed by atoms with Crippen LogP contribution in [0.15, 0.2) is 61.1 Å². The number of fused-ring (bicyclic) bond motifs is 1. The summed E-state index contributed by atoms with van der Waals surface area (Å²) in [5, 5.41) is 25.6. The van der Waals surface area contributed by atoms with Gasteiger partial charge in [-0.2, -0.15) is 10.2 Å². The Hall–Kier alpha value is -5.37. The van der Waals surface area contributed by atoms with Crippen LogP contribution in [0.25, 0.3) is 16.6 Å². The van der Waals surface area contributed by atoms with E-state index < -0.39 is 5.91 Å². The Labute approximate surface area is 257 Å². The van der Waals surface area contributed by atoms with E-state index in [1.165, 1.54) is 13.2 Å². The number of carbonyl (C=O) groups is 2. The lowest BCUT2D eigenvalue weighted by molar-refractivity contribution is -0.117. The van der Waals surface area contributed by atoms with E-state index in [1.807, 2.05) is 41.2 Å². The maximum Gasteiger partial charge on any atom is 0.273 e. The number of rotatable bonds is 10. The molecule has 2 fully saturated rings. The molecule has 0 bridgehead atoms. The molecular formula is C31H31FN10O3. The fraction of sp³-hybridized carbons (Fsp3) is 0.290. The summed E-state index contributed by atoms with van der Waals surface area (Å²) in [7, 11) is 3.09. The van der Waals surface area contributed by atoms with Crippen LogP contribution in [0.5, 0.6) is 5.75 Å². The number of para-hydroxylation sites is 1. The van der Waals surface area contributed by atoms with Gasteiger partial charge >= 0.3 is 0 Å². The second-order valence-electron chi connectivity index (χ2n) is 11.2. The van der Waals surface area contributed by atoms with Gasteiger partial charge in [0.1, 0.15) is 11.3 Å². The Bertz CT molecular complexity index is 1910. The number of nitrogens with one attached hydrogen (secondary N) is 3. The van der Waals surface area contributed by atoms with Crippen LogP contribution in [0.4, 0.5) is 21.6 Å². The van der Waals surface area contributed by atoms with Gasteiger partial charge in [0, 0.05) is 56.0 Å². The van der Waals surface area contributed by atoms with Crippen LogP contribution in [0.3, 0.4) is 0 Å². The molecule has 0 radical (unpaired) electrons. The third-order valence-electron chi connectivity index (χ3n) is 8.11. The number of benzene rings is 1. The van der Waals surface area contributed by atoms with E-state index in [1.54, 1.807) is 30.0 Å². The minimum atomic E-state index is -0.426. The van der Waals surface area contributed by atoms with Crippen molar-refractivity contribution in [1.29, 1.82) is 0 Å². The summed E-state index contributed by atoms with van der Waals surface area (Å²) < 4.78 is 23.4. The zero-order valence-corrected chi connectivity index (χ0v) is 24.7. The lowest BCUT2D eigenvalue weighted by Gasteiger charge is -2.39. The van der Waals surface area contributed by atoms with Crippen LogP contribution < -0.4 is 20.7 Å². The molecule has 4 aromatic heterocycles. The predicted molar refractivity (Wildman–Crippen MR) is 164 cm³/mol. The number of aromatic nitrogens is 6. The third kappa shape index (κ3) is 5.55. The number of nitrogens with zero attached hydrogens (tertiary/aromatic N) is 7. The Morgan fingerprint density at radius 3 is 2.64 bits per heavy atom. The van der Waals surface area contributed by atoms with Crippen LogP contribution in [-0.2, 0) is 11.3 Å². The molecule has 1 aliphatic heterocycles. The van der Waals surface area contributed by atoms with Crippen molar-refractivity contribution in [2.75, 3.05) is 37.9 Å². The zero-order chi connectivity index (χ0) is 31.1. The Morgan fingerprint density at radius 1 is 1.04 bits per heavy atom. The van der Waals surface area contributed by atoms with Crippen LogP contribution in [-0.4, -0.2) is 73.6 Å². The molecule has 1 saturated carbocycles. The number of anilines is 3. The van der Waals surface area contributed by atoms with Gasteiger partial charge in [0.05, 0.1) is 42.6 Å². The number of carbonyl (C=O) groups excluding carboxylic acids is 2. The second kappa shape index (κ2) is 11.6. The fourth-order valence-corrected chi connectivity index (χ4v) is 5.54. The van der Waals surface area contributed by atoms with Gasteiger partial charge in [0.2, 0.25) is 5.91 Å². The molecule has 0 atom stereocenters. The van der Waals surface area contributed by atoms with Gasteiger partial charge in [0.15, 0.2) is 17.3 Å². The average molecular weight is 611 g/mol. The van der Waals surface area contributed by atoms with E-state index in [0.29, 0.717) is 29.2 Å². The van der Waals surface area contributed by atoms with Crippen molar-refractivity contribution in [3.05, 3.63) is 78.3 Å². The monoisotopic (exact) mass is 610 g/mol. The molecule has 5 aromatic rings. The summed E-state index contributed by atoms with van der Waals surface area (Å²) in [5.41, 5.74) is 4.10. The maximum absolute atomic E-state index is 14.0. The van der Waals surface area contributed by atoms with Gasteiger partial charge in [0.25, 0.3) is 5.91 Å². The van der Waals surface area contributed by atoms with Gasteiger partial charge in [-0.15, -0.1) is 10.2 Å². The van der Waals surface area contributed by atoms with Crippen molar-refractivity contribution in [3.63, 3.8) is 0 Å². The molecule has 1 saturated heterocycles. The molecule has 14 heteroatoms. The Balaban J connectivity index is 1.08. The first-order valence-electron chi connectivity index (χ1n) is 14.6. The van der Waals surface area contributed by atoms with Gasteiger partial charge in [-0.25, -0.2) is 8.91 Å². The van der Waals surface area contributed by atoms with Crippen molar-refractivity contribution in [3.8, 4) is 16.9 Å². The van der Waals surface area contributed by atoms with Gasteiger partial charge < -0.3 is 20.7 Å². The number of hydrogen-bond acceptors (Lipinski definition) is 9. The highest BCUT2D eigenvalue weighted by Gasteiger charge is 2.31. The normalized spacial score (nSPS) is 15.1. The van der Waals surface area contributed by atoms with Crippen molar-refractivity contribution in [2.24, 2.45) is 5.92 Å². The summed E-state index contributed by atoms with van der Waals surface area (Å²) in [6.07, 6.45) is 6.73. The highest BCUT2D eigenvalue weighted by atomic mass is 19.1. The maximum atomic E-state index is 14.0. The van der Waals surface area contributed by atoms with Gasteiger partial charge in [-0.3, -0.25) is 19.2 Å². The van der Waals surface area contributed by atoms with Crippen molar-refractivity contribution >= 4 is 34.5 Å². The summed E-state index contributed by atoms with van der Waals surface area (Å²) in [5.74, 6) is -0.0742. The molecule has 1 aliphatic carbocycles. The first-order valence-corrected chi connectivity index (χ1v) is 14.6. The molecule has 5 heterocycles. The van der Waals surface area contributed by atoms with Crippen molar-refractivity contribution < 1.29 is 18.7 Å². The number of likely N-dealkylation sites (tertiary alicyclic amines) is 1. The summed E-state index contributed by atoms with van der Waals surface area (Å²) in [4.78, 5) is 27.2. The topological polar surface area (TPSA) is 144 Å². The molecule has 2 aliphatic rings. The second-order valence-corrected chi connectivity index (χ2v) is 11.2. The molecule has 0 unspecified atom stereocenters. The SMILES string of the molecule is CNC(=O)c1nnc(NC(=O)C2CC2)cc1Nc1cccc(-c2cnn(C3CN(Cc4cccc5c(F)cnn45)C3)c2)c1OC. The molecule has 13 nitrogen and oxygen atoms in total. The fourth-order valence-electron chi connectivity index (χ4n) is 5.54. The Kier molecular flexibility index (Phi) is 7.33. The quantitative estimate of drug-likeness (QED) is 0.216. The first-order chi connectivity index (χ1) is 21.9. The van der Waals surface area contributed by atoms with Crippen LogP contribution in [0.1, 0.15) is 35.1 Å². The number of ether oxygens (including phenoxy) is 1. The van der Waals surface area contributed by atoms with E-state index in [0.717, 1.165) is 42.8 Å². The first kappa shape index (κ1) is 28.4. The molecule has 230 valence electrons. The van der Waals surface area contributed by atoms with Gasteiger partial charge in [-0.1, -0.05) is 18.2 Å². The lowest BCUT2D eigenvalue weighted by Crippen LogP contribution is -2.47. The minimum Gasteiger partial charge on any atom is -0.494 e. The number of methoxy groups -OCH3 is 1. The van der Waals surface area contributed by atoms with E-state index >= 15 is 0 Å². The summed E-state index contributed by atoms with van der Waals surface area (Å²) in [6, 6.07) is 12.9. The molecular weight excluding hydrogens is 579 g/mol. The molecule has 45 heavy (non-hydrogen) atoms. The molecule has 0 spiro atoms. The average Bonchev–Trinajstić information content (AvgIpc) is 3.66. The highest BCUT2D eigenvalue weighted by Crippen LogP contribution is 2.39. The number of amides is 2. The standard InChI is InChI=1S/C31H31FN10O3/c1-33-31(44)28-25(11-27(38-39-28)37-30(43)18-9-10-18)36-24-7-4-6-22(29(24)45-2)19-12-34-41(14-19)21-16-40(17-21)15-20-5-3-8-26-23(32)13-35-42(20)26/h3-8,11-14,18,21H,9-10,15-17H2,1-2H3,(H,33,44)(H2,36,37,38,43). The number of halogens is 1. The van der Waals surface area contributed by atoms with Gasteiger partial charge in [-0.05, 0) is 31.0 Å². The molecule has 1 aromatic carbocycles. The Morgan fingerprint density at radius 2 is 1.87 bits per heavy atom. The van der Waals surface area contributed by atoms with E-state index in [-0.39, 0.29) is 35.2 Å². The van der Waals surface area contributed by atoms with Crippen LogP contribution in [0.2, 0.25) is 0 Å². The number of hydrogen-bond donors (Lipinski definition) is 3.